The molecule has 46 heavy (non-hydrogen) atoms. The van der Waals surface area contributed by atoms with Crippen molar-refractivity contribution in [1.82, 2.24) is 20.4 Å². The van der Waals surface area contributed by atoms with Crippen molar-refractivity contribution < 1.29 is 44.1 Å². The summed E-state index contributed by atoms with van der Waals surface area (Å²) in [6.45, 7) is 3.66. The Balaban J connectivity index is 0.00000249. The lowest BCUT2D eigenvalue weighted by Crippen LogP contribution is -2.58. The fraction of sp³-hybridized carbons (Fsp3) is 0.750. The summed E-state index contributed by atoms with van der Waals surface area (Å²) in [5, 5.41) is 31.9. The highest BCUT2D eigenvalue weighted by Crippen LogP contribution is 2.26. The van der Waals surface area contributed by atoms with Crippen LogP contribution in [0.3, 0.4) is 0 Å². The molecular weight excluding hydrogens is 606 g/mol. The molecule has 4 amide bonds. The zero-order valence-corrected chi connectivity index (χ0v) is 26.6. The zero-order valence-electron chi connectivity index (χ0n) is 26.6. The molecule has 0 unspecified atom stereocenters. The van der Waals surface area contributed by atoms with E-state index >= 15 is 0 Å². The first-order valence-electron chi connectivity index (χ1n) is 15.4. The van der Waals surface area contributed by atoms with Gasteiger partial charge in [0.2, 0.25) is 23.6 Å². The number of guanidine groups is 1. The summed E-state index contributed by atoms with van der Waals surface area (Å²) in [6, 6.07) is -5.08. The lowest BCUT2D eigenvalue weighted by molar-refractivity contribution is -0.149. The number of carbonyl (C=O) groups is 6. The summed E-state index contributed by atoms with van der Waals surface area (Å²) < 4.78 is 0. The van der Waals surface area contributed by atoms with Gasteiger partial charge in [-0.1, -0.05) is 0 Å². The van der Waals surface area contributed by atoms with Gasteiger partial charge in [0.05, 0.1) is 6.10 Å². The normalized spacial score (nSPS) is 19.9. The van der Waals surface area contributed by atoms with Gasteiger partial charge in [0.1, 0.15) is 30.2 Å². The predicted octanol–water partition coefficient (Wildman–Crippen LogP) is -3.00. The van der Waals surface area contributed by atoms with Crippen LogP contribution in [0.1, 0.15) is 71.6 Å². The van der Waals surface area contributed by atoms with Crippen LogP contribution in [0.4, 0.5) is 0 Å². The van der Waals surface area contributed by atoms with Gasteiger partial charge >= 0.3 is 5.97 Å². The van der Waals surface area contributed by atoms with E-state index in [2.05, 4.69) is 15.6 Å². The molecule has 18 heteroatoms. The van der Waals surface area contributed by atoms with Gasteiger partial charge in [-0.3, -0.25) is 29.0 Å². The molecule has 2 rings (SSSR count). The molecule has 0 saturated carbocycles. The van der Waals surface area contributed by atoms with Gasteiger partial charge in [-0.2, -0.15) is 0 Å². The van der Waals surface area contributed by atoms with Crippen molar-refractivity contribution in [2.45, 2.75) is 108 Å². The van der Waals surface area contributed by atoms with Crippen molar-refractivity contribution in [2.75, 3.05) is 26.2 Å². The van der Waals surface area contributed by atoms with Crippen molar-refractivity contribution in [3.8, 4) is 0 Å². The Kier molecular flexibility index (Phi) is 17.5. The second-order valence-electron chi connectivity index (χ2n) is 11.4. The Morgan fingerprint density at radius 3 is 2.00 bits per heavy atom. The van der Waals surface area contributed by atoms with E-state index in [1.54, 1.807) is 0 Å². The van der Waals surface area contributed by atoms with Crippen LogP contribution < -0.4 is 33.6 Å². The standard InChI is InChI=1S/C26H47N9O7.C2H4O2/c1-15(36)20(28)22(38)32-16(7-2-3-11-27)23(39)35-14-6-10-19(35)24(40)34-13-5-9-18(34)21(37)33-17(25(41)42)8-4-12-31-26(29)30;1-2(3)4/h15-20,36H,2-14,27-28H2,1H3,(H,32,38)(H,33,37)(H,41,42)(H4,29,30,31);1H3,(H,3,4)/t15-,16+,17+,18+,19+,20+;/m1./s1. The molecule has 13 N–H and O–H groups in total. The summed E-state index contributed by atoms with van der Waals surface area (Å²) in [7, 11) is 0. The van der Waals surface area contributed by atoms with Crippen LogP contribution >= 0.6 is 0 Å². The molecule has 0 radical (unpaired) electrons. The number of hydrogen-bond donors (Lipinski definition) is 9. The van der Waals surface area contributed by atoms with Crippen LogP contribution in [-0.4, -0.2) is 129 Å². The molecule has 0 aliphatic carbocycles. The van der Waals surface area contributed by atoms with Gasteiger partial charge in [0.25, 0.3) is 5.97 Å². The highest BCUT2D eigenvalue weighted by atomic mass is 16.4. The average molecular weight is 658 g/mol. The number of rotatable bonds is 16. The third kappa shape index (κ3) is 13.1. The quantitative estimate of drug-likeness (QED) is 0.0455. The fourth-order valence-corrected chi connectivity index (χ4v) is 5.25. The number of nitrogens with one attached hydrogen (secondary N) is 2. The maximum atomic E-state index is 13.7. The molecule has 6 atom stereocenters. The molecule has 2 fully saturated rings. The third-order valence-corrected chi connectivity index (χ3v) is 7.60. The summed E-state index contributed by atoms with van der Waals surface area (Å²) in [6.07, 6.45) is 2.59. The summed E-state index contributed by atoms with van der Waals surface area (Å²) >= 11 is 0. The molecular formula is C28H51N9O9. The highest BCUT2D eigenvalue weighted by molar-refractivity contribution is 5.96. The van der Waals surface area contributed by atoms with Crippen molar-refractivity contribution >= 4 is 41.5 Å². The predicted molar refractivity (Wildman–Crippen MR) is 167 cm³/mol. The molecule has 2 saturated heterocycles. The second kappa shape index (κ2) is 20.2. The summed E-state index contributed by atoms with van der Waals surface area (Å²) in [5.74, 6) is -4.26. The Bertz CT molecular complexity index is 1080. The van der Waals surface area contributed by atoms with Gasteiger partial charge in [-0.25, -0.2) is 4.79 Å². The number of aliphatic carboxylic acids is 2. The van der Waals surface area contributed by atoms with Crippen molar-refractivity contribution in [3.05, 3.63) is 0 Å². The van der Waals surface area contributed by atoms with Gasteiger partial charge in [0, 0.05) is 26.6 Å². The van der Waals surface area contributed by atoms with Crippen molar-refractivity contribution in [1.29, 1.82) is 0 Å². The monoisotopic (exact) mass is 657 g/mol. The van der Waals surface area contributed by atoms with Gasteiger partial charge in [-0.15, -0.1) is 0 Å². The second-order valence-corrected chi connectivity index (χ2v) is 11.4. The maximum Gasteiger partial charge on any atom is 0.326 e. The minimum Gasteiger partial charge on any atom is -0.481 e. The Hall–Kier alpha value is -4.03. The number of aliphatic hydroxyl groups excluding tert-OH is 1. The van der Waals surface area contributed by atoms with E-state index in [-0.39, 0.29) is 31.9 Å². The minimum absolute atomic E-state index is 0.0966. The molecule has 2 heterocycles. The van der Waals surface area contributed by atoms with Gasteiger partial charge in [-0.05, 0) is 71.3 Å². The zero-order chi connectivity index (χ0) is 35.0. The molecule has 0 spiro atoms. The van der Waals surface area contributed by atoms with E-state index in [4.69, 9.17) is 32.8 Å². The first-order valence-corrected chi connectivity index (χ1v) is 15.4. The average Bonchev–Trinajstić information content (AvgIpc) is 3.67. The number of unbranched alkanes of at least 4 members (excludes halogenated alkanes) is 1. The van der Waals surface area contributed by atoms with Gasteiger partial charge < -0.3 is 58.7 Å². The van der Waals surface area contributed by atoms with E-state index in [0.717, 1.165) is 6.92 Å². The number of nitrogens with two attached hydrogens (primary N) is 4. The molecule has 0 bridgehead atoms. The maximum absolute atomic E-state index is 13.7. The number of carboxylic acids is 2. The first kappa shape index (κ1) is 40.0. The van der Waals surface area contributed by atoms with Crippen LogP contribution in [0.2, 0.25) is 0 Å². The number of carboxylic acid groups (broad SMARTS) is 2. The number of likely N-dealkylation sites (tertiary alicyclic amines) is 2. The Morgan fingerprint density at radius 1 is 0.891 bits per heavy atom. The highest BCUT2D eigenvalue weighted by Gasteiger charge is 2.44. The SMILES string of the molecule is CC(=O)O.C[C@@H](O)[C@H](N)C(=O)N[C@@H](CCCCN)C(=O)N1CCC[C@H]1C(=O)N1CCC[C@H]1C(=O)N[C@@H](CCCN=C(N)N)C(=O)O. The minimum atomic E-state index is -1.23. The number of nitrogens with zero attached hydrogens (tertiary/aromatic N) is 3. The van der Waals surface area contributed by atoms with Crippen LogP contribution in [0.25, 0.3) is 0 Å². The van der Waals surface area contributed by atoms with E-state index in [0.29, 0.717) is 58.0 Å². The van der Waals surface area contributed by atoms with E-state index in [1.165, 1.54) is 16.7 Å². The number of amides is 4. The molecule has 262 valence electrons. The molecule has 2 aliphatic heterocycles. The van der Waals surface area contributed by atoms with Gasteiger partial charge in [0.15, 0.2) is 5.96 Å². The lowest BCUT2D eigenvalue weighted by Gasteiger charge is -2.33. The van der Waals surface area contributed by atoms with Crippen LogP contribution in [-0.2, 0) is 28.8 Å². The smallest absolute Gasteiger partial charge is 0.326 e. The Morgan fingerprint density at radius 2 is 1.46 bits per heavy atom. The van der Waals surface area contributed by atoms with Crippen LogP contribution in [0.5, 0.6) is 0 Å². The largest absolute Gasteiger partial charge is 0.481 e. The van der Waals surface area contributed by atoms with Crippen molar-refractivity contribution in [2.24, 2.45) is 27.9 Å². The number of hydrogen-bond acceptors (Lipinski definition) is 10. The summed E-state index contributed by atoms with van der Waals surface area (Å²) in [4.78, 5) is 80.5. The van der Waals surface area contributed by atoms with Crippen LogP contribution in [0, 0.1) is 0 Å². The number of carbonyl (C=O) groups excluding carboxylic acids is 4. The molecule has 0 aromatic heterocycles. The molecule has 0 aromatic rings. The fourth-order valence-electron chi connectivity index (χ4n) is 5.25. The summed E-state index contributed by atoms with van der Waals surface area (Å²) in [5.41, 5.74) is 21.9. The molecule has 18 nitrogen and oxygen atoms in total. The third-order valence-electron chi connectivity index (χ3n) is 7.60. The van der Waals surface area contributed by atoms with E-state index in [9.17, 15) is 34.2 Å². The lowest BCUT2D eigenvalue weighted by atomic mass is 10.1. The number of aliphatic imine (C=N–C) groups is 1. The van der Waals surface area contributed by atoms with Crippen LogP contribution in [0.15, 0.2) is 4.99 Å². The Labute approximate surface area is 268 Å². The molecule has 2 aliphatic rings. The van der Waals surface area contributed by atoms with Crippen molar-refractivity contribution in [3.63, 3.8) is 0 Å². The van der Waals surface area contributed by atoms with E-state index in [1.807, 2.05) is 0 Å². The first-order chi connectivity index (χ1) is 21.6. The molecule has 0 aromatic carbocycles. The number of aliphatic hydroxyl groups is 1. The topological polar surface area (TPSA) is 310 Å². The van der Waals surface area contributed by atoms with E-state index < -0.39 is 71.9 Å².